The van der Waals surface area contributed by atoms with Crippen LogP contribution in [0.2, 0.25) is 5.02 Å². The normalized spacial score (nSPS) is 21.7. The maximum absolute atomic E-state index is 13.4. The standard InChI is InChI=1S/C25H25ClN4O3S2/c1-14-11-29(12-15(2)33-14)22-18(16(3)19(10-27)23(31)28(22)4)9-21-24(32)30(25(34)35-21)13-17-7-5-6-8-20(17)26/h5-9,14-15H,11-13H2,1-4H3/b21-9-/t14-,15-/m1/s1. The van der Waals surface area contributed by atoms with Gasteiger partial charge in [0.25, 0.3) is 11.5 Å². The third-order valence-electron chi connectivity index (χ3n) is 6.12. The van der Waals surface area contributed by atoms with Gasteiger partial charge in [-0.05, 0) is 44.0 Å². The van der Waals surface area contributed by atoms with Gasteiger partial charge in [0.15, 0.2) is 0 Å². The van der Waals surface area contributed by atoms with E-state index in [0.29, 0.717) is 44.3 Å². The summed E-state index contributed by atoms with van der Waals surface area (Å²) in [5, 5.41) is 10.3. The van der Waals surface area contributed by atoms with Crippen LogP contribution >= 0.6 is 35.6 Å². The highest BCUT2D eigenvalue weighted by atomic mass is 35.5. The highest BCUT2D eigenvalue weighted by Gasteiger charge is 2.34. The van der Waals surface area contributed by atoms with Crippen molar-refractivity contribution >= 4 is 57.7 Å². The zero-order valence-electron chi connectivity index (χ0n) is 19.9. The van der Waals surface area contributed by atoms with E-state index in [9.17, 15) is 14.9 Å². The minimum absolute atomic E-state index is 0.0357. The number of nitriles is 1. The summed E-state index contributed by atoms with van der Waals surface area (Å²) in [5.74, 6) is 0.422. The van der Waals surface area contributed by atoms with Gasteiger partial charge in [0.2, 0.25) is 0 Å². The first-order chi connectivity index (χ1) is 16.6. The van der Waals surface area contributed by atoms with Gasteiger partial charge >= 0.3 is 0 Å². The number of thiocarbonyl (C=S) groups is 1. The van der Waals surface area contributed by atoms with E-state index in [-0.39, 0.29) is 35.8 Å². The van der Waals surface area contributed by atoms with Crippen LogP contribution in [0.1, 0.15) is 36.1 Å². The molecule has 182 valence electrons. The summed E-state index contributed by atoms with van der Waals surface area (Å²) < 4.78 is 7.80. The highest BCUT2D eigenvalue weighted by molar-refractivity contribution is 8.26. The number of anilines is 1. The molecule has 0 spiro atoms. The Hall–Kier alpha value is -2.64. The van der Waals surface area contributed by atoms with Gasteiger partial charge in [-0.3, -0.25) is 19.1 Å². The number of benzene rings is 1. The van der Waals surface area contributed by atoms with Crippen molar-refractivity contribution in [1.29, 1.82) is 5.26 Å². The van der Waals surface area contributed by atoms with E-state index in [4.69, 9.17) is 28.6 Å². The Kier molecular flexibility index (Phi) is 7.38. The van der Waals surface area contributed by atoms with Crippen LogP contribution in [0.15, 0.2) is 34.0 Å². The predicted molar refractivity (Wildman–Crippen MR) is 144 cm³/mol. The molecule has 4 rings (SSSR count). The number of morpholine rings is 1. The van der Waals surface area contributed by atoms with Gasteiger partial charge < -0.3 is 9.64 Å². The second-order valence-corrected chi connectivity index (χ2v) is 10.8. The van der Waals surface area contributed by atoms with Crippen LogP contribution in [0.3, 0.4) is 0 Å². The van der Waals surface area contributed by atoms with Crippen LogP contribution < -0.4 is 10.5 Å². The first-order valence-electron chi connectivity index (χ1n) is 11.1. The summed E-state index contributed by atoms with van der Waals surface area (Å²) in [6.07, 6.45) is 1.68. The Morgan fingerprint density at radius 3 is 2.54 bits per heavy atom. The van der Waals surface area contributed by atoms with E-state index in [1.165, 1.54) is 21.2 Å². The molecule has 0 saturated carbocycles. The van der Waals surface area contributed by atoms with Crippen LogP contribution in [0.4, 0.5) is 5.82 Å². The van der Waals surface area contributed by atoms with E-state index in [0.717, 1.165) is 5.56 Å². The molecule has 0 radical (unpaired) electrons. The summed E-state index contributed by atoms with van der Waals surface area (Å²) in [7, 11) is 1.66. The summed E-state index contributed by atoms with van der Waals surface area (Å²) >= 11 is 13.0. The third kappa shape index (κ3) is 4.89. The molecule has 0 unspecified atom stereocenters. The second kappa shape index (κ2) is 10.2. The van der Waals surface area contributed by atoms with E-state index in [1.54, 1.807) is 26.1 Å². The van der Waals surface area contributed by atoms with Gasteiger partial charge in [-0.25, -0.2) is 0 Å². The third-order valence-corrected chi connectivity index (χ3v) is 7.87. The first-order valence-corrected chi connectivity index (χ1v) is 12.8. The predicted octanol–water partition coefficient (Wildman–Crippen LogP) is 4.23. The van der Waals surface area contributed by atoms with E-state index in [1.807, 2.05) is 38.1 Å². The number of amides is 1. The topological polar surface area (TPSA) is 78.6 Å². The smallest absolute Gasteiger partial charge is 0.270 e. The minimum atomic E-state index is -0.366. The molecule has 2 aromatic rings. The molecule has 3 heterocycles. The number of nitrogens with zero attached hydrogens (tertiary/aromatic N) is 4. The molecule has 1 aromatic heterocycles. The Morgan fingerprint density at radius 2 is 1.91 bits per heavy atom. The Morgan fingerprint density at radius 1 is 1.26 bits per heavy atom. The number of hydrogen-bond acceptors (Lipinski definition) is 7. The molecule has 0 bridgehead atoms. The van der Waals surface area contributed by atoms with Crippen LogP contribution in [-0.2, 0) is 23.1 Å². The van der Waals surface area contributed by atoms with Gasteiger partial charge in [0.1, 0.15) is 21.8 Å². The number of hydrogen-bond donors (Lipinski definition) is 0. The Bertz CT molecular complexity index is 1340. The van der Waals surface area contributed by atoms with Crippen LogP contribution in [0.5, 0.6) is 0 Å². The van der Waals surface area contributed by atoms with Crippen molar-refractivity contribution in [1.82, 2.24) is 9.47 Å². The molecule has 1 aromatic carbocycles. The molecule has 2 atom stereocenters. The van der Waals surface area contributed by atoms with Gasteiger partial charge in [-0.2, -0.15) is 5.26 Å². The maximum atomic E-state index is 13.4. The van der Waals surface area contributed by atoms with Crippen molar-refractivity contribution in [3.63, 3.8) is 0 Å². The Balaban J connectivity index is 1.80. The molecule has 2 saturated heterocycles. The lowest BCUT2D eigenvalue weighted by Crippen LogP contribution is -2.47. The summed E-state index contributed by atoms with van der Waals surface area (Å²) in [4.78, 5) is 30.4. The lowest BCUT2D eigenvalue weighted by atomic mass is 10.0. The van der Waals surface area contributed by atoms with Crippen molar-refractivity contribution in [3.8, 4) is 6.07 Å². The maximum Gasteiger partial charge on any atom is 0.270 e. The van der Waals surface area contributed by atoms with Gasteiger partial charge in [-0.15, -0.1) is 0 Å². The SMILES string of the molecule is Cc1c(/C=C2\SC(=S)N(Cc3ccccc3Cl)C2=O)c(N2C[C@@H](C)O[C@H](C)C2)n(C)c(=O)c1C#N. The molecular weight excluding hydrogens is 504 g/mol. The van der Waals surface area contributed by atoms with Gasteiger partial charge in [0, 0.05) is 30.7 Å². The molecule has 35 heavy (non-hydrogen) atoms. The zero-order valence-corrected chi connectivity index (χ0v) is 22.3. The quantitative estimate of drug-likeness (QED) is 0.434. The van der Waals surface area contributed by atoms with Gasteiger partial charge in [0.05, 0.1) is 23.7 Å². The van der Waals surface area contributed by atoms with Crippen molar-refractivity contribution in [2.75, 3.05) is 18.0 Å². The van der Waals surface area contributed by atoms with E-state index < -0.39 is 0 Å². The molecule has 7 nitrogen and oxygen atoms in total. The molecule has 2 aliphatic heterocycles. The number of thioether (sulfide) groups is 1. The molecule has 2 fully saturated rings. The fraction of sp³-hybridized carbons (Fsp3) is 0.360. The molecule has 10 heteroatoms. The molecule has 1 amide bonds. The van der Waals surface area contributed by atoms with Crippen molar-refractivity contribution in [2.24, 2.45) is 7.05 Å². The highest BCUT2D eigenvalue weighted by Crippen LogP contribution is 2.37. The van der Waals surface area contributed by atoms with E-state index >= 15 is 0 Å². The largest absolute Gasteiger partial charge is 0.372 e. The lowest BCUT2D eigenvalue weighted by Gasteiger charge is -2.38. The average molecular weight is 529 g/mol. The number of carbonyl (C=O) groups is 1. The minimum Gasteiger partial charge on any atom is -0.372 e. The first kappa shape index (κ1) is 25.5. The second-order valence-electron chi connectivity index (χ2n) is 8.73. The number of carbonyl (C=O) groups excluding carboxylic acids is 1. The number of aromatic nitrogens is 1. The average Bonchev–Trinajstić information content (AvgIpc) is 3.06. The number of ether oxygens (including phenoxy) is 1. The Labute approximate surface area is 218 Å². The monoisotopic (exact) mass is 528 g/mol. The van der Waals surface area contributed by atoms with E-state index in [2.05, 4.69) is 4.90 Å². The number of pyridine rings is 1. The van der Waals surface area contributed by atoms with Crippen molar-refractivity contribution < 1.29 is 9.53 Å². The number of halogens is 1. The molecular formula is C25H25ClN4O3S2. The summed E-state index contributed by atoms with van der Waals surface area (Å²) in [6.45, 7) is 7.14. The summed E-state index contributed by atoms with van der Waals surface area (Å²) in [6, 6.07) is 9.37. The van der Waals surface area contributed by atoms with Crippen LogP contribution in [-0.4, -0.2) is 45.0 Å². The molecule has 0 N–H and O–H groups in total. The van der Waals surface area contributed by atoms with Gasteiger partial charge in [-0.1, -0.05) is 53.8 Å². The molecule has 2 aliphatic rings. The van der Waals surface area contributed by atoms with Crippen LogP contribution in [0, 0.1) is 18.3 Å². The van der Waals surface area contributed by atoms with Crippen LogP contribution in [0.25, 0.3) is 6.08 Å². The number of rotatable bonds is 4. The fourth-order valence-electron chi connectivity index (χ4n) is 4.51. The molecule has 0 aliphatic carbocycles. The summed E-state index contributed by atoms with van der Waals surface area (Å²) in [5.41, 5.74) is 1.68. The van der Waals surface area contributed by atoms with Crippen molar-refractivity contribution in [2.45, 2.75) is 39.5 Å². The lowest BCUT2D eigenvalue weighted by molar-refractivity contribution is -0.122. The zero-order chi connectivity index (χ0) is 25.4. The fourth-order valence-corrected chi connectivity index (χ4v) is 5.94. The van der Waals surface area contributed by atoms with Crippen molar-refractivity contribution in [3.05, 3.63) is 66.8 Å².